The number of fused-ring (bicyclic) bond motifs is 1. The fraction of sp³-hybridized carbons (Fsp3) is 0.552. The largest absolute Gasteiger partial charge is 0.493 e. The van der Waals surface area contributed by atoms with Crippen LogP contribution in [0.15, 0.2) is 36.4 Å². The number of benzene rings is 2. The van der Waals surface area contributed by atoms with Gasteiger partial charge in [-0.1, -0.05) is 6.07 Å². The van der Waals surface area contributed by atoms with Gasteiger partial charge in [-0.15, -0.1) is 0 Å². The van der Waals surface area contributed by atoms with E-state index in [1.165, 1.54) is 11.6 Å². The summed E-state index contributed by atoms with van der Waals surface area (Å²) in [6.07, 6.45) is 5.94. The number of anilines is 1. The molecule has 2 aliphatic heterocycles. The molecule has 0 unspecified atom stereocenters. The lowest BCUT2D eigenvalue weighted by atomic mass is 9.65. The molecule has 0 spiro atoms. The van der Waals surface area contributed by atoms with Gasteiger partial charge in [-0.2, -0.15) is 0 Å². The van der Waals surface area contributed by atoms with E-state index in [9.17, 15) is 13.6 Å². The number of hydrogen-bond acceptors (Lipinski definition) is 5. The summed E-state index contributed by atoms with van der Waals surface area (Å²) in [7, 11) is 5.50. The minimum absolute atomic E-state index is 0.0228. The first-order valence-corrected chi connectivity index (χ1v) is 13.5. The van der Waals surface area contributed by atoms with Crippen molar-refractivity contribution in [2.75, 3.05) is 46.2 Å². The molecule has 2 amide bonds. The monoisotopic (exact) mass is 528 g/mol. The van der Waals surface area contributed by atoms with Gasteiger partial charge in [-0.25, -0.2) is 13.6 Å². The first-order chi connectivity index (χ1) is 18.3. The van der Waals surface area contributed by atoms with Crippen LogP contribution in [0.3, 0.4) is 0 Å². The number of nitrogens with one attached hydrogen (secondary N) is 2. The fourth-order valence-electron chi connectivity index (χ4n) is 6.89. The maximum absolute atomic E-state index is 13.6. The summed E-state index contributed by atoms with van der Waals surface area (Å²) in [5, 5.41) is 5.77. The number of rotatable bonds is 6. The fourth-order valence-corrected chi connectivity index (χ4v) is 6.89. The molecule has 2 aromatic carbocycles. The smallest absolute Gasteiger partial charge is 0.319 e. The SMILES string of the molecule is COc1ccc([C@@]23CC[C@H](NC(=O)Nc4ccc(F)c(F)c4)C[C@H]2N(C2CCN(C)CC2)CC3)cc1OC. The number of ether oxygens (including phenoxy) is 2. The van der Waals surface area contributed by atoms with Gasteiger partial charge in [-0.05, 0) is 95.0 Å². The molecule has 3 aliphatic rings. The predicted octanol–water partition coefficient (Wildman–Crippen LogP) is 4.76. The van der Waals surface area contributed by atoms with Crippen LogP contribution in [-0.4, -0.2) is 74.9 Å². The average Bonchev–Trinajstić information content (AvgIpc) is 3.30. The number of methoxy groups -OCH3 is 2. The molecule has 1 aliphatic carbocycles. The number of amides is 2. The van der Waals surface area contributed by atoms with E-state index in [0.717, 1.165) is 81.8 Å². The number of piperidine rings is 1. The van der Waals surface area contributed by atoms with Crippen LogP contribution in [0.5, 0.6) is 11.5 Å². The summed E-state index contributed by atoms with van der Waals surface area (Å²) >= 11 is 0. The number of carbonyl (C=O) groups is 1. The van der Waals surface area contributed by atoms with Crippen molar-refractivity contribution in [1.82, 2.24) is 15.1 Å². The Morgan fingerprint density at radius 3 is 2.42 bits per heavy atom. The number of likely N-dealkylation sites (tertiary alicyclic amines) is 2. The molecule has 2 heterocycles. The molecule has 0 aromatic heterocycles. The molecule has 0 bridgehead atoms. The Balaban J connectivity index is 1.37. The van der Waals surface area contributed by atoms with Crippen LogP contribution in [0.25, 0.3) is 0 Å². The van der Waals surface area contributed by atoms with Gasteiger partial charge in [0.15, 0.2) is 23.1 Å². The van der Waals surface area contributed by atoms with Crippen LogP contribution < -0.4 is 20.1 Å². The first-order valence-electron chi connectivity index (χ1n) is 13.5. The number of nitrogens with zero attached hydrogens (tertiary/aromatic N) is 2. The molecule has 1 saturated carbocycles. The molecular weight excluding hydrogens is 490 g/mol. The lowest BCUT2D eigenvalue weighted by Gasteiger charge is -2.48. The van der Waals surface area contributed by atoms with E-state index in [0.29, 0.717) is 6.04 Å². The highest BCUT2D eigenvalue weighted by atomic mass is 19.2. The van der Waals surface area contributed by atoms with Crippen molar-refractivity contribution >= 4 is 11.7 Å². The van der Waals surface area contributed by atoms with Crippen LogP contribution in [0.4, 0.5) is 19.3 Å². The Morgan fingerprint density at radius 1 is 0.947 bits per heavy atom. The molecule has 38 heavy (non-hydrogen) atoms. The van der Waals surface area contributed by atoms with Gasteiger partial charge in [0.05, 0.1) is 14.2 Å². The van der Waals surface area contributed by atoms with Crippen molar-refractivity contribution < 1.29 is 23.0 Å². The number of halogens is 2. The van der Waals surface area contributed by atoms with Crippen molar-refractivity contribution in [2.24, 2.45) is 0 Å². The number of hydrogen-bond donors (Lipinski definition) is 2. The summed E-state index contributed by atoms with van der Waals surface area (Å²) in [6, 6.07) is 10.1. The molecule has 3 atom stereocenters. The first kappa shape index (κ1) is 26.7. The molecule has 9 heteroatoms. The summed E-state index contributed by atoms with van der Waals surface area (Å²) in [4.78, 5) is 17.9. The standard InChI is InChI=1S/C29H38F2N4O3/c1-34-13-9-22(10-14-34)35-15-12-29(19-4-7-25(37-2)26(16-19)38-3)11-8-21(18-27(29)35)33-28(36)32-20-5-6-23(30)24(31)17-20/h4-7,16-17,21-22,27H,8-15,18H2,1-3H3,(H2,32,33,36)/t21-,27+,29-/m0/s1. The molecule has 2 N–H and O–H groups in total. The van der Waals surface area contributed by atoms with Crippen molar-refractivity contribution in [1.29, 1.82) is 0 Å². The minimum Gasteiger partial charge on any atom is -0.493 e. The van der Waals surface area contributed by atoms with Crippen molar-refractivity contribution in [3.8, 4) is 11.5 Å². The lowest BCUT2D eigenvalue weighted by Crippen LogP contribution is -2.56. The Morgan fingerprint density at radius 2 is 1.71 bits per heavy atom. The molecular formula is C29H38F2N4O3. The number of carbonyl (C=O) groups excluding carboxylic acids is 1. The Kier molecular flexibility index (Phi) is 7.77. The van der Waals surface area contributed by atoms with Gasteiger partial charge in [-0.3, -0.25) is 4.90 Å². The zero-order valence-electron chi connectivity index (χ0n) is 22.4. The van der Waals surface area contributed by atoms with Crippen molar-refractivity contribution in [3.63, 3.8) is 0 Å². The van der Waals surface area contributed by atoms with Gasteiger partial charge < -0.3 is 25.0 Å². The summed E-state index contributed by atoms with van der Waals surface area (Å²) in [6.45, 7) is 3.21. The van der Waals surface area contributed by atoms with Crippen LogP contribution >= 0.6 is 0 Å². The maximum atomic E-state index is 13.6. The van der Waals surface area contributed by atoms with E-state index in [1.807, 2.05) is 6.07 Å². The summed E-state index contributed by atoms with van der Waals surface area (Å²) in [5.41, 5.74) is 1.46. The van der Waals surface area contributed by atoms with Crippen molar-refractivity contribution in [3.05, 3.63) is 53.6 Å². The van der Waals surface area contributed by atoms with Gasteiger partial charge in [0, 0.05) is 35.3 Å². The number of urea groups is 1. The van der Waals surface area contributed by atoms with Gasteiger partial charge in [0.1, 0.15) is 0 Å². The Hall–Kier alpha value is -2.91. The van der Waals surface area contributed by atoms with Crippen LogP contribution in [0, 0.1) is 11.6 Å². The summed E-state index contributed by atoms with van der Waals surface area (Å²) < 4.78 is 38.1. The second-order valence-corrected chi connectivity index (χ2v) is 11.0. The van der Waals surface area contributed by atoms with Crippen molar-refractivity contribution in [2.45, 2.75) is 62.1 Å². The molecule has 5 rings (SSSR count). The topological polar surface area (TPSA) is 66.1 Å². The highest BCUT2D eigenvalue weighted by molar-refractivity contribution is 5.89. The van der Waals surface area contributed by atoms with Gasteiger partial charge >= 0.3 is 6.03 Å². The molecule has 206 valence electrons. The third-order valence-electron chi connectivity index (χ3n) is 8.93. The van der Waals surface area contributed by atoms with Crippen LogP contribution in [0.1, 0.15) is 44.1 Å². The zero-order valence-corrected chi connectivity index (χ0v) is 22.4. The van der Waals surface area contributed by atoms with Gasteiger partial charge in [0.25, 0.3) is 0 Å². The van der Waals surface area contributed by atoms with Crippen LogP contribution in [-0.2, 0) is 5.41 Å². The molecule has 2 aromatic rings. The lowest BCUT2D eigenvalue weighted by molar-refractivity contribution is 0.0673. The van der Waals surface area contributed by atoms with E-state index in [2.05, 4.69) is 39.6 Å². The minimum atomic E-state index is -0.986. The highest BCUT2D eigenvalue weighted by Gasteiger charge is 2.53. The molecule has 0 radical (unpaired) electrons. The van der Waals surface area contributed by atoms with E-state index in [1.54, 1.807) is 14.2 Å². The second-order valence-electron chi connectivity index (χ2n) is 11.0. The molecule has 3 fully saturated rings. The average molecular weight is 529 g/mol. The van der Waals surface area contributed by atoms with E-state index in [4.69, 9.17) is 9.47 Å². The van der Waals surface area contributed by atoms with Crippen LogP contribution in [0.2, 0.25) is 0 Å². The Labute approximate surface area is 223 Å². The quantitative estimate of drug-likeness (QED) is 0.566. The van der Waals surface area contributed by atoms with E-state index < -0.39 is 17.7 Å². The zero-order chi connectivity index (χ0) is 26.9. The molecule has 2 saturated heterocycles. The Bertz CT molecular complexity index is 1160. The summed E-state index contributed by atoms with van der Waals surface area (Å²) in [5.74, 6) is -0.467. The predicted molar refractivity (Wildman–Crippen MR) is 143 cm³/mol. The third kappa shape index (κ3) is 5.18. The van der Waals surface area contributed by atoms with Gasteiger partial charge in [0.2, 0.25) is 0 Å². The highest BCUT2D eigenvalue weighted by Crippen LogP contribution is 2.51. The molecule has 7 nitrogen and oxygen atoms in total. The maximum Gasteiger partial charge on any atom is 0.319 e. The second kappa shape index (κ2) is 11.1. The van der Waals surface area contributed by atoms with E-state index >= 15 is 0 Å². The van der Waals surface area contributed by atoms with E-state index in [-0.39, 0.29) is 23.2 Å². The normalized spacial score (nSPS) is 26.6. The third-order valence-corrected chi connectivity index (χ3v) is 8.93.